The standard InChI is InChI=1S/C20H24N2O6S/c1-15(28-17-6-4-3-5-7-17)20(23)21-16-8-9-18(26-2)19(14-16)29(24,25)22-10-12-27-13-11-22/h3-9,14-15H,10-13H2,1-2H3,(H,21,23)/t15-/m1/s1. The maximum Gasteiger partial charge on any atom is 0.265 e. The van der Waals surface area contributed by atoms with Gasteiger partial charge in [-0.15, -0.1) is 0 Å². The van der Waals surface area contributed by atoms with Crippen LogP contribution in [0.4, 0.5) is 5.69 Å². The summed E-state index contributed by atoms with van der Waals surface area (Å²) >= 11 is 0. The molecule has 1 amide bonds. The van der Waals surface area contributed by atoms with Gasteiger partial charge in [-0.25, -0.2) is 8.42 Å². The van der Waals surface area contributed by atoms with Gasteiger partial charge in [-0.2, -0.15) is 4.31 Å². The smallest absolute Gasteiger partial charge is 0.265 e. The van der Waals surface area contributed by atoms with Crippen LogP contribution in [0.5, 0.6) is 11.5 Å². The summed E-state index contributed by atoms with van der Waals surface area (Å²) in [5.41, 5.74) is 0.339. The van der Waals surface area contributed by atoms with E-state index in [1.807, 2.05) is 18.2 Å². The topological polar surface area (TPSA) is 94.2 Å². The fourth-order valence-corrected chi connectivity index (χ4v) is 4.47. The molecular weight excluding hydrogens is 396 g/mol. The Balaban J connectivity index is 1.78. The van der Waals surface area contributed by atoms with Gasteiger partial charge in [0.25, 0.3) is 5.91 Å². The van der Waals surface area contributed by atoms with Gasteiger partial charge in [0.15, 0.2) is 6.10 Å². The number of hydrogen-bond acceptors (Lipinski definition) is 6. The number of ether oxygens (including phenoxy) is 3. The lowest BCUT2D eigenvalue weighted by molar-refractivity contribution is -0.122. The summed E-state index contributed by atoms with van der Waals surface area (Å²) in [5, 5.41) is 2.70. The number of hydrogen-bond donors (Lipinski definition) is 1. The van der Waals surface area contributed by atoms with Crippen molar-refractivity contribution >= 4 is 21.6 Å². The fourth-order valence-electron chi connectivity index (χ4n) is 2.88. The number of carbonyl (C=O) groups is 1. The molecule has 1 aliphatic heterocycles. The molecule has 0 saturated carbocycles. The summed E-state index contributed by atoms with van der Waals surface area (Å²) in [6.45, 7) is 2.84. The summed E-state index contributed by atoms with van der Waals surface area (Å²) in [6.07, 6.45) is -0.765. The zero-order chi connectivity index (χ0) is 20.9. The van der Waals surface area contributed by atoms with Crippen molar-refractivity contribution in [1.82, 2.24) is 4.31 Å². The summed E-state index contributed by atoms with van der Waals surface area (Å²) in [5.74, 6) is 0.386. The van der Waals surface area contributed by atoms with E-state index >= 15 is 0 Å². The van der Waals surface area contributed by atoms with E-state index in [9.17, 15) is 13.2 Å². The number of amides is 1. The molecule has 1 fully saturated rings. The van der Waals surface area contributed by atoms with Crippen LogP contribution >= 0.6 is 0 Å². The highest BCUT2D eigenvalue weighted by Crippen LogP contribution is 2.30. The van der Waals surface area contributed by atoms with Gasteiger partial charge in [-0.3, -0.25) is 4.79 Å². The second-order valence-corrected chi connectivity index (χ2v) is 8.35. The van der Waals surface area contributed by atoms with Crippen LogP contribution in [0.2, 0.25) is 0 Å². The Morgan fingerprint density at radius 1 is 1.14 bits per heavy atom. The Labute approximate surface area is 170 Å². The molecule has 2 aromatic rings. The Morgan fingerprint density at radius 3 is 2.48 bits per heavy atom. The predicted molar refractivity (Wildman–Crippen MR) is 108 cm³/mol. The number of nitrogens with zero attached hydrogens (tertiary/aromatic N) is 1. The number of para-hydroxylation sites is 1. The number of morpholine rings is 1. The van der Waals surface area contributed by atoms with Crippen LogP contribution < -0.4 is 14.8 Å². The molecule has 156 valence electrons. The minimum atomic E-state index is -3.79. The van der Waals surface area contributed by atoms with E-state index in [0.717, 1.165) is 0 Å². The fraction of sp³-hybridized carbons (Fsp3) is 0.350. The summed E-state index contributed by atoms with van der Waals surface area (Å²) in [7, 11) is -2.38. The lowest BCUT2D eigenvalue weighted by Gasteiger charge is -2.27. The van der Waals surface area contributed by atoms with E-state index in [1.165, 1.54) is 23.5 Å². The van der Waals surface area contributed by atoms with E-state index in [0.29, 0.717) is 24.7 Å². The largest absolute Gasteiger partial charge is 0.495 e. The van der Waals surface area contributed by atoms with Crippen LogP contribution in [0.3, 0.4) is 0 Å². The molecule has 1 aliphatic rings. The monoisotopic (exact) mass is 420 g/mol. The van der Waals surface area contributed by atoms with E-state index in [2.05, 4.69) is 5.32 Å². The van der Waals surface area contributed by atoms with E-state index in [4.69, 9.17) is 14.2 Å². The quantitative estimate of drug-likeness (QED) is 0.737. The van der Waals surface area contributed by atoms with Gasteiger partial charge >= 0.3 is 0 Å². The minimum absolute atomic E-state index is 0.00340. The number of sulfonamides is 1. The van der Waals surface area contributed by atoms with Gasteiger partial charge in [0.1, 0.15) is 16.4 Å². The lowest BCUT2D eigenvalue weighted by atomic mass is 10.2. The number of methoxy groups -OCH3 is 1. The van der Waals surface area contributed by atoms with Gasteiger partial charge < -0.3 is 19.5 Å². The van der Waals surface area contributed by atoms with Crippen molar-refractivity contribution in [2.75, 3.05) is 38.7 Å². The second-order valence-electron chi connectivity index (χ2n) is 6.44. The van der Waals surface area contributed by atoms with Crippen LogP contribution in [0.25, 0.3) is 0 Å². The minimum Gasteiger partial charge on any atom is -0.495 e. The first-order valence-corrected chi connectivity index (χ1v) is 10.6. The van der Waals surface area contributed by atoms with Crippen molar-refractivity contribution in [3.63, 3.8) is 0 Å². The third-order valence-corrected chi connectivity index (χ3v) is 6.36. The highest BCUT2D eigenvalue weighted by molar-refractivity contribution is 7.89. The van der Waals surface area contributed by atoms with Crippen molar-refractivity contribution < 1.29 is 27.4 Å². The third kappa shape index (κ3) is 5.06. The molecule has 0 bridgehead atoms. The van der Waals surface area contributed by atoms with Gasteiger partial charge in [-0.1, -0.05) is 18.2 Å². The molecule has 1 N–H and O–H groups in total. The SMILES string of the molecule is COc1ccc(NC(=O)[C@@H](C)Oc2ccccc2)cc1S(=O)(=O)N1CCOCC1. The number of benzene rings is 2. The first-order chi connectivity index (χ1) is 13.9. The van der Waals surface area contributed by atoms with Crippen LogP contribution in [0, 0.1) is 0 Å². The summed E-state index contributed by atoms with van der Waals surface area (Å²) in [6, 6.07) is 13.5. The Bertz CT molecular complexity index is 943. The molecule has 9 heteroatoms. The maximum atomic E-state index is 13.0. The number of anilines is 1. The molecular formula is C20H24N2O6S. The highest BCUT2D eigenvalue weighted by atomic mass is 32.2. The van der Waals surface area contributed by atoms with Crippen molar-refractivity contribution in [2.45, 2.75) is 17.9 Å². The maximum absolute atomic E-state index is 13.0. The predicted octanol–water partition coefficient (Wildman–Crippen LogP) is 2.12. The van der Waals surface area contributed by atoms with Gasteiger partial charge in [0.05, 0.1) is 20.3 Å². The first-order valence-electron chi connectivity index (χ1n) is 9.20. The van der Waals surface area contributed by atoms with Gasteiger partial charge in [0.2, 0.25) is 10.0 Å². The molecule has 1 atom stereocenters. The second kappa shape index (κ2) is 9.25. The molecule has 1 heterocycles. The van der Waals surface area contributed by atoms with Crippen LogP contribution in [-0.2, 0) is 19.6 Å². The normalized spacial score (nSPS) is 16.1. The first kappa shape index (κ1) is 21.1. The Kier molecular flexibility index (Phi) is 6.73. The molecule has 0 spiro atoms. The molecule has 29 heavy (non-hydrogen) atoms. The van der Waals surface area contributed by atoms with Crippen molar-refractivity contribution in [2.24, 2.45) is 0 Å². The van der Waals surface area contributed by atoms with Crippen molar-refractivity contribution in [1.29, 1.82) is 0 Å². The summed E-state index contributed by atoms with van der Waals surface area (Å²) in [4.78, 5) is 12.5. The number of carbonyl (C=O) groups excluding carboxylic acids is 1. The molecule has 2 aromatic carbocycles. The van der Waals surface area contributed by atoms with Crippen LogP contribution in [0.15, 0.2) is 53.4 Å². The lowest BCUT2D eigenvalue weighted by Crippen LogP contribution is -2.40. The third-order valence-electron chi connectivity index (χ3n) is 4.44. The molecule has 3 rings (SSSR count). The molecule has 0 unspecified atom stereocenters. The molecule has 1 saturated heterocycles. The molecule has 0 radical (unpaired) electrons. The zero-order valence-corrected chi connectivity index (χ0v) is 17.1. The van der Waals surface area contributed by atoms with E-state index < -0.39 is 22.0 Å². The average molecular weight is 420 g/mol. The van der Waals surface area contributed by atoms with E-state index in [-0.39, 0.29) is 23.7 Å². The number of rotatable bonds is 7. The molecule has 0 aromatic heterocycles. The van der Waals surface area contributed by atoms with Gasteiger partial charge in [0, 0.05) is 18.8 Å². The molecule has 0 aliphatic carbocycles. The number of nitrogens with one attached hydrogen (secondary N) is 1. The van der Waals surface area contributed by atoms with Crippen molar-refractivity contribution in [3.05, 3.63) is 48.5 Å². The zero-order valence-electron chi connectivity index (χ0n) is 16.3. The van der Waals surface area contributed by atoms with Crippen molar-refractivity contribution in [3.8, 4) is 11.5 Å². The van der Waals surface area contributed by atoms with E-state index in [1.54, 1.807) is 25.1 Å². The molecule has 8 nitrogen and oxygen atoms in total. The van der Waals surface area contributed by atoms with Crippen LogP contribution in [-0.4, -0.2) is 58.1 Å². The Hall–Kier alpha value is -2.62. The summed E-state index contributed by atoms with van der Waals surface area (Å²) < 4.78 is 43.5. The van der Waals surface area contributed by atoms with Crippen LogP contribution in [0.1, 0.15) is 6.92 Å². The highest BCUT2D eigenvalue weighted by Gasteiger charge is 2.30. The Morgan fingerprint density at radius 2 is 1.83 bits per heavy atom. The average Bonchev–Trinajstić information content (AvgIpc) is 2.75. The van der Waals surface area contributed by atoms with Gasteiger partial charge in [-0.05, 0) is 37.3 Å².